The maximum Gasteiger partial charge on any atom is 0.227 e. The highest BCUT2D eigenvalue weighted by atomic mass is 16.2. The predicted molar refractivity (Wildman–Crippen MR) is 57.8 cm³/mol. The molecule has 3 heteroatoms. The van der Waals surface area contributed by atoms with Gasteiger partial charge in [-0.15, -0.1) is 0 Å². The van der Waals surface area contributed by atoms with E-state index in [1.807, 2.05) is 4.90 Å². The van der Waals surface area contributed by atoms with Crippen molar-refractivity contribution in [2.24, 2.45) is 17.6 Å². The van der Waals surface area contributed by atoms with Gasteiger partial charge in [0.05, 0.1) is 5.92 Å². The molecule has 1 rings (SSSR count). The summed E-state index contributed by atoms with van der Waals surface area (Å²) in [7, 11) is 0. The Morgan fingerprint density at radius 3 is 2.57 bits per heavy atom. The Balaban J connectivity index is 2.62. The molecule has 0 saturated carbocycles. The Labute approximate surface area is 86.6 Å². The largest absolute Gasteiger partial charge is 0.340 e. The molecule has 0 aromatic heterocycles. The van der Waals surface area contributed by atoms with Crippen LogP contribution in [0.25, 0.3) is 0 Å². The molecule has 1 fully saturated rings. The third-order valence-corrected chi connectivity index (χ3v) is 3.21. The Morgan fingerprint density at radius 2 is 2.21 bits per heavy atom. The van der Waals surface area contributed by atoms with Crippen LogP contribution in [0.1, 0.15) is 33.6 Å². The number of carbonyl (C=O) groups excluding carboxylic acids is 1. The molecular formula is C11H22N2O. The normalized spacial score (nSPS) is 24.4. The van der Waals surface area contributed by atoms with Crippen molar-refractivity contribution in [2.45, 2.75) is 39.7 Å². The SMILES string of the molecule is CC(C)C(CN)C(=O)N1CCCC1C. The van der Waals surface area contributed by atoms with E-state index in [1.54, 1.807) is 0 Å². The molecule has 2 atom stereocenters. The second-order valence-electron chi connectivity index (χ2n) is 4.61. The fraction of sp³-hybridized carbons (Fsp3) is 0.909. The molecule has 0 bridgehead atoms. The predicted octanol–water partition coefficient (Wildman–Crippen LogP) is 1.23. The molecule has 14 heavy (non-hydrogen) atoms. The number of nitrogens with zero attached hydrogens (tertiary/aromatic N) is 1. The van der Waals surface area contributed by atoms with Crippen molar-refractivity contribution in [2.75, 3.05) is 13.1 Å². The van der Waals surface area contributed by atoms with E-state index in [2.05, 4.69) is 20.8 Å². The van der Waals surface area contributed by atoms with Crippen LogP contribution in [0.4, 0.5) is 0 Å². The first-order valence-electron chi connectivity index (χ1n) is 5.58. The topological polar surface area (TPSA) is 46.3 Å². The maximum absolute atomic E-state index is 12.1. The standard InChI is InChI=1S/C11H22N2O/c1-8(2)10(7-12)11(14)13-6-4-5-9(13)3/h8-10H,4-7,12H2,1-3H3. The van der Waals surface area contributed by atoms with Gasteiger partial charge in [0.15, 0.2) is 0 Å². The van der Waals surface area contributed by atoms with Crippen LogP contribution in [-0.2, 0) is 4.79 Å². The first-order chi connectivity index (χ1) is 6.57. The summed E-state index contributed by atoms with van der Waals surface area (Å²) in [6.45, 7) is 7.65. The van der Waals surface area contributed by atoms with E-state index < -0.39 is 0 Å². The summed E-state index contributed by atoms with van der Waals surface area (Å²) in [5.74, 6) is 0.614. The van der Waals surface area contributed by atoms with Gasteiger partial charge in [-0.25, -0.2) is 0 Å². The molecule has 3 nitrogen and oxygen atoms in total. The van der Waals surface area contributed by atoms with Gasteiger partial charge in [-0.3, -0.25) is 4.79 Å². The van der Waals surface area contributed by atoms with E-state index in [1.165, 1.54) is 0 Å². The number of carbonyl (C=O) groups is 1. The number of likely N-dealkylation sites (tertiary alicyclic amines) is 1. The summed E-state index contributed by atoms with van der Waals surface area (Å²) < 4.78 is 0. The van der Waals surface area contributed by atoms with Crippen LogP contribution in [0.2, 0.25) is 0 Å². The second kappa shape index (κ2) is 4.78. The van der Waals surface area contributed by atoms with Gasteiger partial charge in [-0.05, 0) is 25.7 Å². The fourth-order valence-electron chi connectivity index (χ4n) is 2.13. The van der Waals surface area contributed by atoms with Gasteiger partial charge < -0.3 is 10.6 Å². The molecule has 1 saturated heterocycles. The lowest BCUT2D eigenvalue weighted by Crippen LogP contribution is -2.42. The van der Waals surface area contributed by atoms with Gasteiger partial charge in [0, 0.05) is 19.1 Å². The molecule has 1 aliphatic heterocycles. The van der Waals surface area contributed by atoms with Crippen molar-refractivity contribution in [1.82, 2.24) is 4.90 Å². The Morgan fingerprint density at radius 1 is 1.57 bits per heavy atom. The quantitative estimate of drug-likeness (QED) is 0.741. The summed E-state index contributed by atoms with van der Waals surface area (Å²) >= 11 is 0. The van der Waals surface area contributed by atoms with Crippen molar-refractivity contribution in [3.63, 3.8) is 0 Å². The first kappa shape index (κ1) is 11.5. The van der Waals surface area contributed by atoms with Crippen molar-refractivity contribution in [3.05, 3.63) is 0 Å². The highest BCUT2D eigenvalue weighted by Gasteiger charge is 2.31. The third-order valence-electron chi connectivity index (χ3n) is 3.21. The summed E-state index contributed by atoms with van der Waals surface area (Å²) in [6.07, 6.45) is 2.28. The monoisotopic (exact) mass is 198 g/mol. The molecule has 0 aliphatic carbocycles. The minimum absolute atomic E-state index is 0.00977. The molecule has 0 aromatic carbocycles. The summed E-state index contributed by atoms with van der Waals surface area (Å²) in [4.78, 5) is 14.1. The molecular weight excluding hydrogens is 176 g/mol. The number of rotatable bonds is 3. The first-order valence-corrected chi connectivity index (χ1v) is 5.58. The molecule has 82 valence electrons. The van der Waals surface area contributed by atoms with Crippen LogP contribution in [0.3, 0.4) is 0 Å². The zero-order chi connectivity index (χ0) is 10.7. The van der Waals surface area contributed by atoms with Crippen molar-refractivity contribution < 1.29 is 4.79 Å². The second-order valence-corrected chi connectivity index (χ2v) is 4.61. The van der Waals surface area contributed by atoms with Crippen LogP contribution < -0.4 is 5.73 Å². The summed E-state index contributed by atoms with van der Waals surface area (Å²) in [5.41, 5.74) is 5.64. The van der Waals surface area contributed by atoms with Crippen molar-refractivity contribution in [1.29, 1.82) is 0 Å². The lowest BCUT2D eigenvalue weighted by Gasteiger charge is -2.28. The Bertz CT molecular complexity index is 199. The van der Waals surface area contributed by atoms with Crippen molar-refractivity contribution >= 4 is 5.91 Å². The zero-order valence-corrected chi connectivity index (χ0v) is 9.49. The lowest BCUT2D eigenvalue weighted by atomic mass is 9.94. The average molecular weight is 198 g/mol. The number of hydrogen-bond donors (Lipinski definition) is 1. The fourth-order valence-corrected chi connectivity index (χ4v) is 2.13. The van der Waals surface area contributed by atoms with Crippen LogP contribution in [0, 0.1) is 11.8 Å². The van der Waals surface area contributed by atoms with Gasteiger partial charge in [-0.1, -0.05) is 13.8 Å². The van der Waals surface area contributed by atoms with Gasteiger partial charge in [-0.2, -0.15) is 0 Å². The Hall–Kier alpha value is -0.570. The number of nitrogens with two attached hydrogens (primary N) is 1. The van der Waals surface area contributed by atoms with E-state index in [-0.39, 0.29) is 11.8 Å². The summed E-state index contributed by atoms with van der Waals surface area (Å²) in [5, 5.41) is 0. The van der Waals surface area contributed by atoms with Crippen LogP contribution in [0.15, 0.2) is 0 Å². The molecule has 1 amide bonds. The van der Waals surface area contributed by atoms with E-state index in [0.29, 0.717) is 18.5 Å². The van der Waals surface area contributed by atoms with Crippen LogP contribution >= 0.6 is 0 Å². The highest BCUT2D eigenvalue weighted by Crippen LogP contribution is 2.21. The lowest BCUT2D eigenvalue weighted by molar-refractivity contribution is -0.137. The van der Waals surface area contributed by atoms with Crippen LogP contribution in [-0.4, -0.2) is 29.9 Å². The van der Waals surface area contributed by atoms with Gasteiger partial charge in [0.25, 0.3) is 0 Å². The zero-order valence-electron chi connectivity index (χ0n) is 9.49. The summed E-state index contributed by atoms with van der Waals surface area (Å²) in [6, 6.07) is 0.412. The van der Waals surface area contributed by atoms with E-state index in [4.69, 9.17) is 5.73 Å². The number of amides is 1. The average Bonchev–Trinajstić information content (AvgIpc) is 2.51. The third kappa shape index (κ3) is 2.27. The maximum atomic E-state index is 12.1. The molecule has 2 unspecified atom stereocenters. The molecule has 2 N–H and O–H groups in total. The van der Waals surface area contributed by atoms with Gasteiger partial charge >= 0.3 is 0 Å². The van der Waals surface area contributed by atoms with Gasteiger partial charge in [0.1, 0.15) is 0 Å². The van der Waals surface area contributed by atoms with E-state index in [9.17, 15) is 4.79 Å². The highest BCUT2D eigenvalue weighted by molar-refractivity contribution is 5.79. The minimum Gasteiger partial charge on any atom is -0.340 e. The Kier molecular flexibility index (Phi) is 3.93. The molecule has 1 aliphatic rings. The smallest absolute Gasteiger partial charge is 0.227 e. The minimum atomic E-state index is 0.00977. The van der Waals surface area contributed by atoms with Gasteiger partial charge in [0.2, 0.25) is 5.91 Å². The van der Waals surface area contributed by atoms with Crippen molar-refractivity contribution in [3.8, 4) is 0 Å². The molecule has 0 radical (unpaired) electrons. The molecule has 0 aromatic rings. The molecule has 1 heterocycles. The molecule has 0 spiro atoms. The van der Waals surface area contributed by atoms with E-state index >= 15 is 0 Å². The van der Waals surface area contributed by atoms with E-state index in [0.717, 1.165) is 19.4 Å². The van der Waals surface area contributed by atoms with Crippen LogP contribution in [0.5, 0.6) is 0 Å². The number of hydrogen-bond acceptors (Lipinski definition) is 2.